The summed E-state index contributed by atoms with van der Waals surface area (Å²) >= 11 is 6.75. The highest BCUT2D eigenvalue weighted by atomic mass is 32.2. The molecule has 0 aliphatic carbocycles. The lowest BCUT2D eigenvalue weighted by molar-refractivity contribution is -0.122. The Kier molecular flexibility index (Phi) is 8.05. The van der Waals surface area contributed by atoms with Crippen LogP contribution in [0.25, 0.3) is 6.08 Å². The van der Waals surface area contributed by atoms with Crippen molar-refractivity contribution < 1.29 is 23.4 Å². The SMILES string of the molecule is CCOc1cc(/C=C2\SC(=S)N(Cc3ccc(OC)cc3)C2=O)ccc1OCc1ccc(F)cc1. The van der Waals surface area contributed by atoms with Crippen LogP contribution in [0.2, 0.25) is 0 Å². The molecule has 8 heteroatoms. The maximum Gasteiger partial charge on any atom is 0.266 e. The van der Waals surface area contributed by atoms with Gasteiger partial charge in [-0.15, -0.1) is 0 Å². The van der Waals surface area contributed by atoms with Gasteiger partial charge in [0.2, 0.25) is 0 Å². The molecule has 0 unspecified atom stereocenters. The molecule has 3 aromatic rings. The number of benzene rings is 3. The van der Waals surface area contributed by atoms with E-state index in [1.807, 2.05) is 43.3 Å². The average molecular weight is 510 g/mol. The number of carbonyl (C=O) groups is 1. The molecule has 1 fully saturated rings. The first-order valence-corrected chi connectivity index (χ1v) is 12.2. The first-order valence-electron chi connectivity index (χ1n) is 11.0. The molecule has 4 rings (SSSR count). The van der Waals surface area contributed by atoms with Crippen LogP contribution in [0.4, 0.5) is 4.39 Å². The number of carbonyl (C=O) groups excluding carboxylic acids is 1. The zero-order chi connectivity index (χ0) is 24.8. The summed E-state index contributed by atoms with van der Waals surface area (Å²) in [7, 11) is 1.61. The topological polar surface area (TPSA) is 48.0 Å². The second-order valence-corrected chi connectivity index (χ2v) is 9.35. The predicted octanol–water partition coefficient (Wildman–Crippen LogP) is 6.21. The van der Waals surface area contributed by atoms with E-state index in [2.05, 4.69) is 0 Å². The van der Waals surface area contributed by atoms with Crippen molar-refractivity contribution in [3.05, 3.63) is 94.1 Å². The fourth-order valence-corrected chi connectivity index (χ4v) is 4.70. The number of ether oxygens (including phenoxy) is 3. The third-order valence-electron chi connectivity index (χ3n) is 5.25. The van der Waals surface area contributed by atoms with Crippen LogP contribution in [0, 0.1) is 5.82 Å². The maximum atomic E-state index is 13.1. The highest BCUT2D eigenvalue weighted by molar-refractivity contribution is 8.26. The molecule has 0 N–H and O–H groups in total. The van der Waals surface area contributed by atoms with Crippen molar-refractivity contribution in [1.82, 2.24) is 4.90 Å². The van der Waals surface area contributed by atoms with E-state index in [9.17, 15) is 9.18 Å². The lowest BCUT2D eigenvalue weighted by Crippen LogP contribution is -2.27. The van der Waals surface area contributed by atoms with E-state index in [0.29, 0.717) is 33.9 Å². The zero-order valence-corrected chi connectivity index (χ0v) is 21.0. The third kappa shape index (κ3) is 6.21. The van der Waals surface area contributed by atoms with Gasteiger partial charge in [0.25, 0.3) is 5.91 Å². The van der Waals surface area contributed by atoms with Crippen molar-refractivity contribution in [3.63, 3.8) is 0 Å². The van der Waals surface area contributed by atoms with Gasteiger partial charge < -0.3 is 14.2 Å². The number of hydrogen-bond donors (Lipinski definition) is 0. The van der Waals surface area contributed by atoms with E-state index in [1.54, 1.807) is 36.3 Å². The minimum absolute atomic E-state index is 0.134. The molecule has 0 bridgehead atoms. The van der Waals surface area contributed by atoms with E-state index in [4.69, 9.17) is 26.4 Å². The lowest BCUT2D eigenvalue weighted by atomic mass is 10.1. The summed E-state index contributed by atoms with van der Waals surface area (Å²) < 4.78 is 30.5. The Balaban J connectivity index is 1.48. The Bertz CT molecular complexity index is 1240. The Morgan fingerprint density at radius 1 is 0.971 bits per heavy atom. The molecule has 5 nitrogen and oxygen atoms in total. The standard InChI is InChI=1S/C27H24FNO4S2/c1-3-32-24-14-20(8-13-23(24)33-17-19-4-9-21(28)10-5-19)15-25-26(30)29(27(34)35-25)16-18-6-11-22(31-2)12-7-18/h4-15H,3,16-17H2,1-2H3/b25-15-. The molecule has 0 saturated carbocycles. The zero-order valence-electron chi connectivity index (χ0n) is 19.3. The third-order valence-corrected chi connectivity index (χ3v) is 6.62. The number of halogens is 1. The average Bonchev–Trinajstić information content (AvgIpc) is 3.12. The minimum atomic E-state index is -0.289. The molecule has 0 aromatic heterocycles. The summed E-state index contributed by atoms with van der Waals surface area (Å²) in [6, 6.07) is 19.2. The highest BCUT2D eigenvalue weighted by Crippen LogP contribution is 2.36. The van der Waals surface area contributed by atoms with Gasteiger partial charge in [-0.05, 0) is 66.1 Å². The molecular weight excluding hydrogens is 485 g/mol. The number of thiocarbonyl (C=S) groups is 1. The fraction of sp³-hybridized carbons (Fsp3) is 0.185. The van der Waals surface area contributed by atoms with Crippen molar-refractivity contribution >= 4 is 40.3 Å². The maximum absolute atomic E-state index is 13.1. The van der Waals surface area contributed by atoms with Crippen molar-refractivity contribution in [2.24, 2.45) is 0 Å². The molecule has 180 valence electrons. The van der Waals surface area contributed by atoms with Gasteiger partial charge in [-0.3, -0.25) is 9.69 Å². The Morgan fingerprint density at radius 3 is 2.37 bits per heavy atom. The van der Waals surface area contributed by atoms with Crippen LogP contribution in [0.3, 0.4) is 0 Å². The summed E-state index contributed by atoms with van der Waals surface area (Å²) in [6.07, 6.45) is 1.81. The Labute approximate surface area is 213 Å². The first-order chi connectivity index (χ1) is 17.0. The van der Waals surface area contributed by atoms with E-state index >= 15 is 0 Å². The number of hydrogen-bond acceptors (Lipinski definition) is 6. The van der Waals surface area contributed by atoms with Gasteiger partial charge in [-0.25, -0.2) is 4.39 Å². The van der Waals surface area contributed by atoms with Crippen LogP contribution in [0.5, 0.6) is 17.2 Å². The first kappa shape index (κ1) is 24.8. The predicted molar refractivity (Wildman–Crippen MR) is 140 cm³/mol. The number of nitrogens with zero attached hydrogens (tertiary/aromatic N) is 1. The number of methoxy groups -OCH3 is 1. The quantitative estimate of drug-likeness (QED) is 0.252. The van der Waals surface area contributed by atoms with Crippen LogP contribution >= 0.6 is 24.0 Å². The van der Waals surface area contributed by atoms with E-state index in [1.165, 1.54) is 23.9 Å². The molecule has 3 aromatic carbocycles. The molecule has 1 amide bonds. The monoisotopic (exact) mass is 509 g/mol. The Morgan fingerprint density at radius 2 is 1.69 bits per heavy atom. The second-order valence-electron chi connectivity index (χ2n) is 7.67. The second kappa shape index (κ2) is 11.4. The normalized spacial score (nSPS) is 14.5. The summed E-state index contributed by atoms with van der Waals surface area (Å²) in [5.74, 6) is 1.47. The van der Waals surface area contributed by atoms with Crippen LogP contribution in [-0.2, 0) is 17.9 Å². The van der Waals surface area contributed by atoms with Gasteiger partial charge in [0, 0.05) is 0 Å². The highest BCUT2D eigenvalue weighted by Gasteiger charge is 2.32. The molecule has 1 saturated heterocycles. The lowest BCUT2D eigenvalue weighted by Gasteiger charge is -2.14. The number of thioether (sulfide) groups is 1. The van der Waals surface area contributed by atoms with Crippen molar-refractivity contribution in [2.75, 3.05) is 13.7 Å². The minimum Gasteiger partial charge on any atom is -0.497 e. The van der Waals surface area contributed by atoms with Crippen molar-refractivity contribution in [2.45, 2.75) is 20.1 Å². The largest absolute Gasteiger partial charge is 0.497 e. The van der Waals surface area contributed by atoms with Gasteiger partial charge in [0.1, 0.15) is 22.5 Å². The number of amides is 1. The molecule has 1 heterocycles. The molecule has 1 aliphatic rings. The van der Waals surface area contributed by atoms with E-state index in [-0.39, 0.29) is 18.3 Å². The molecule has 0 radical (unpaired) electrons. The van der Waals surface area contributed by atoms with Crippen LogP contribution < -0.4 is 14.2 Å². The van der Waals surface area contributed by atoms with Gasteiger partial charge in [0.15, 0.2) is 11.5 Å². The van der Waals surface area contributed by atoms with Crippen molar-refractivity contribution in [3.8, 4) is 17.2 Å². The van der Waals surface area contributed by atoms with Crippen LogP contribution in [0.1, 0.15) is 23.6 Å². The van der Waals surface area contributed by atoms with Gasteiger partial charge in [-0.2, -0.15) is 0 Å². The summed E-state index contributed by atoms with van der Waals surface area (Å²) in [6.45, 7) is 3.02. The summed E-state index contributed by atoms with van der Waals surface area (Å²) in [4.78, 5) is 15.2. The fourth-order valence-electron chi connectivity index (χ4n) is 3.44. The summed E-state index contributed by atoms with van der Waals surface area (Å²) in [5.41, 5.74) is 2.61. The van der Waals surface area contributed by atoms with Crippen LogP contribution in [-0.4, -0.2) is 28.8 Å². The molecule has 35 heavy (non-hydrogen) atoms. The summed E-state index contributed by atoms with van der Waals surface area (Å²) in [5, 5.41) is 0. The van der Waals surface area contributed by atoms with Gasteiger partial charge in [-0.1, -0.05) is 54.3 Å². The Hall–Kier alpha value is -3.36. The van der Waals surface area contributed by atoms with E-state index < -0.39 is 0 Å². The molecule has 0 spiro atoms. The van der Waals surface area contributed by atoms with Gasteiger partial charge in [0.05, 0.1) is 25.2 Å². The van der Waals surface area contributed by atoms with Gasteiger partial charge >= 0.3 is 0 Å². The van der Waals surface area contributed by atoms with Crippen LogP contribution in [0.15, 0.2) is 71.6 Å². The molecule has 0 atom stereocenters. The molecule has 1 aliphatic heterocycles. The van der Waals surface area contributed by atoms with Crippen molar-refractivity contribution in [1.29, 1.82) is 0 Å². The smallest absolute Gasteiger partial charge is 0.266 e. The van der Waals surface area contributed by atoms with E-state index in [0.717, 1.165) is 22.4 Å². The number of rotatable bonds is 9. The molecular formula is C27H24FNO4S2.